The molecule has 142 valence electrons. The van der Waals surface area contributed by atoms with Gasteiger partial charge in [-0.3, -0.25) is 4.79 Å². The molecule has 2 rings (SSSR count). The molecule has 0 fully saturated rings. The number of nitrogens with zero attached hydrogens (tertiary/aromatic N) is 1. The number of rotatable bonds is 7. The number of nitrogens with one attached hydrogen (secondary N) is 2. The predicted octanol–water partition coefficient (Wildman–Crippen LogP) is 3.24. The van der Waals surface area contributed by atoms with Crippen LogP contribution < -0.4 is 10.0 Å². The Morgan fingerprint density at radius 1 is 1.04 bits per heavy atom. The van der Waals surface area contributed by atoms with Crippen molar-refractivity contribution < 1.29 is 13.2 Å². The van der Waals surface area contributed by atoms with Gasteiger partial charge in [0.2, 0.25) is 10.0 Å². The van der Waals surface area contributed by atoms with Crippen molar-refractivity contribution >= 4 is 21.6 Å². The number of amides is 1. The Hall–Kier alpha value is -2.69. The highest BCUT2D eigenvalue weighted by Gasteiger charge is 2.17. The third-order valence-corrected chi connectivity index (χ3v) is 6.04. The Morgan fingerprint density at radius 2 is 1.63 bits per heavy atom. The SMILES string of the molecule is CC(CNS(=O)(=O)C(C)C)c1ccc(NC(=O)c2ccc(C#N)cc2)cc1. The smallest absolute Gasteiger partial charge is 0.255 e. The molecule has 0 aromatic heterocycles. The Kier molecular flexibility index (Phi) is 6.72. The molecule has 2 aromatic carbocycles. The van der Waals surface area contributed by atoms with Gasteiger partial charge < -0.3 is 5.32 Å². The molecular formula is C20H23N3O3S. The molecule has 0 aliphatic carbocycles. The molecule has 7 heteroatoms. The third-order valence-electron chi connectivity index (χ3n) is 4.23. The zero-order chi connectivity index (χ0) is 20.0. The second-order valence-electron chi connectivity index (χ2n) is 6.61. The van der Waals surface area contributed by atoms with Crippen LogP contribution in [0.4, 0.5) is 5.69 Å². The van der Waals surface area contributed by atoms with Gasteiger partial charge in [0.25, 0.3) is 5.91 Å². The van der Waals surface area contributed by atoms with Crippen LogP contribution in [0.5, 0.6) is 0 Å². The van der Waals surface area contributed by atoms with Gasteiger partial charge in [-0.05, 0) is 61.7 Å². The summed E-state index contributed by atoms with van der Waals surface area (Å²) in [5, 5.41) is 11.1. The number of hydrogen-bond donors (Lipinski definition) is 2. The maximum atomic E-state index is 12.2. The van der Waals surface area contributed by atoms with Crippen LogP contribution in [0.3, 0.4) is 0 Å². The van der Waals surface area contributed by atoms with Crippen LogP contribution in [-0.4, -0.2) is 26.1 Å². The minimum absolute atomic E-state index is 0.00167. The average Bonchev–Trinajstić information content (AvgIpc) is 2.66. The maximum Gasteiger partial charge on any atom is 0.255 e. The van der Waals surface area contributed by atoms with E-state index in [4.69, 9.17) is 5.26 Å². The van der Waals surface area contributed by atoms with E-state index in [1.54, 1.807) is 50.2 Å². The molecule has 2 aromatic rings. The number of carbonyl (C=O) groups excluding carboxylic acids is 1. The van der Waals surface area contributed by atoms with Gasteiger partial charge in [0, 0.05) is 17.8 Å². The fourth-order valence-electron chi connectivity index (χ4n) is 2.32. The zero-order valence-corrected chi connectivity index (χ0v) is 16.4. The van der Waals surface area contributed by atoms with Gasteiger partial charge in [0.15, 0.2) is 0 Å². The van der Waals surface area contributed by atoms with Crippen LogP contribution in [0.15, 0.2) is 48.5 Å². The number of nitriles is 1. The van der Waals surface area contributed by atoms with E-state index in [1.165, 1.54) is 0 Å². The normalized spacial score (nSPS) is 12.4. The van der Waals surface area contributed by atoms with Crippen LogP contribution in [-0.2, 0) is 10.0 Å². The van der Waals surface area contributed by atoms with E-state index in [-0.39, 0.29) is 11.8 Å². The van der Waals surface area contributed by atoms with Crippen molar-refractivity contribution in [3.05, 3.63) is 65.2 Å². The van der Waals surface area contributed by atoms with Crippen LogP contribution in [0.1, 0.15) is 48.2 Å². The summed E-state index contributed by atoms with van der Waals surface area (Å²) < 4.78 is 26.3. The summed E-state index contributed by atoms with van der Waals surface area (Å²) in [6, 6.07) is 15.7. The van der Waals surface area contributed by atoms with Crippen LogP contribution in [0, 0.1) is 11.3 Å². The molecule has 2 N–H and O–H groups in total. The van der Waals surface area contributed by atoms with Gasteiger partial charge in [-0.1, -0.05) is 19.1 Å². The van der Waals surface area contributed by atoms with Crippen LogP contribution in [0.25, 0.3) is 0 Å². The van der Waals surface area contributed by atoms with E-state index in [1.807, 2.05) is 25.1 Å². The number of hydrogen-bond acceptors (Lipinski definition) is 4. The first-order valence-corrected chi connectivity index (χ1v) is 10.2. The molecule has 0 bridgehead atoms. The highest BCUT2D eigenvalue weighted by atomic mass is 32.2. The van der Waals surface area contributed by atoms with E-state index in [0.717, 1.165) is 5.56 Å². The van der Waals surface area contributed by atoms with Crippen LogP contribution in [0.2, 0.25) is 0 Å². The summed E-state index contributed by atoms with van der Waals surface area (Å²) in [6.07, 6.45) is 0. The average molecular weight is 385 g/mol. The zero-order valence-electron chi connectivity index (χ0n) is 15.6. The Bertz CT molecular complexity index is 928. The first-order valence-electron chi connectivity index (χ1n) is 8.63. The van der Waals surface area contributed by atoms with Gasteiger partial charge in [0.05, 0.1) is 16.9 Å². The van der Waals surface area contributed by atoms with Gasteiger partial charge in [-0.15, -0.1) is 0 Å². The van der Waals surface area contributed by atoms with Crippen molar-refractivity contribution in [3.63, 3.8) is 0 Å². The first kappa shape index (κ1) is 20.6. The fraction of sp³-hybridized carbons (Fsp3) is 0.300. The lowest BCUT2D eigenvalue weighted by Crippen LogP contribution is -2.33. The molecule has 1 unspecified atom stereocenters. The molecule has 0 aliphatic heterocycles. The minimum atomic E-state index is -3.29. The summed E-state index contributed by atoms with van der Waals surface area (Å²) in [7, 11) is -3.29. The Labute approximate surface area is 160 Å². The van der Waals surface area contributed by atoms with E-state index in [9.17, 15) is 13.2 Å². The fourth-order valence-corrected chi connectivity index (χ4v) is 3.14. The van der Waals surface area contributed by atoms with Gasteiger partial charge in [0.1, 0.15) is 0 Å². The van der Waals surface area contributed by atoms with Crippen molar-refractivity contribution in [2.24, 2.45) is 0 Å². The lowest BCUT2D eigenvalue weighted by atomic mass is 10.0. The summed E-state index contributed by atoms with van der Waals surface area (Å²) >= 11 is 0. The van der Waals surface area contributed by atoms with Crippen molar-refractivity contribution in [1.29, 1.82) is 5.26 Å². The van der Waals surface area contributed by atoms with Gasteiger partial charge in [-0.2, -0.15) is 5.26 Å². The van der Waals surface area contributed by atoms with E-state index >= 15 is 0 Å². The molecule has 27 heavy (non-hydrogen) atoms. The van der Waals surface area contributed by atoms with E-state index < -0.39 is 15.3 Å². The highest BCUT2D eigenvalue weighted by Crippen LogP contribution is 2.18. The van der Waals surface area contributed by atoms with Crippen molar-refractivity contribution in [3.8, 4) is 6.07 Å². The van der Waals surface area contributed by atoms with Crippen LogP contribution >= 0.6 is 0 Å². The van der Waals surface area contributed by atoms with E-state index in [2.05, 4.69) is 10.0 Å². The number of carbonyl (C=O) groups is 1. The number of anilines is 1. The van der Waals surface area contributed by atoms with E-state index in [0.29, 0.717) is 23.4 Å². The minimum Gasteiger partial charge on any atom is -0.322 e. The summed E-state index contributed by atoms with van der Waals surface area (Å²) in [5.74, 6) is -0.258. The third kappa shape index (κ3) is 5.64. The number of benzene rings is 2. The molecule has 0 aliphatic rings. The molecule has 6 nitrogen and oxygen atoms in total. The lowest BCUT2D eigenvalue weighted by molar-refractivity contribution is 0.102. The summed E-state index contributed by atoms with van der Waals surface area (Å²) in [6.45, 7) is 5.53. The van der Waals surface area contributed by atoms with Crippen molar-refractivity contribution in [2.75, 3.05) is 11.9 Å². The van der Waals surface area contributed by atoms with Crippen molar-refractivity contribution in [2.45, 2.75) is 31.9 Å². The molecule has 1 amide bonds. The van der Waals surface area contributed by atoms with Gasteiger partial charge in [-0.25, -0.2) is 13.1 Å². The molecule has 1 atom stereocenters. The molecule has 0 saturated heterocycles. The second kappa shape index (κ2) is 8.80. The topological polar surface area (TPSA) is 99.1 Å². The molecule has 0 heterocycles. The summed E-state index contributed by atoms with van der Waals surface area (Å²) in [5.41, 5.74) is 2.58. The lowest BCUT2D eigenvalue weighted by Gasteiger charge is -2.15. The van der Waals surface area contributed by atoms with Crippen molar-refractivity contribution in [1.82, 2.24) is 4.72 Å². The Morgan fingerprint density at radius 3 is 2.15 bits per heavy atom. The molecule has 0 saturated carbocycles. The second-order valence-corrected chi connectivity index (χ2v) is 8.93. The largest absolute Gasteiger partial charge is 0.322 e. The highest BCUT2D eigenvalue weighted by molar-refractivity contribution is 7.90. The molecule has 0 spiro atoms. The maximum absolute atomic E-state index is 12.2. The molecule has 0 radical (unpaired) electrons. The Balaban J connectivity index is 1.97. The van der Waals surface area contributed by atoms with Gasteiger partial charge >= 0.3 is 0 Å². The molecular weight excluding hydrogens is 362 g/mol. The summed E-state index contributed by atoms with van der Waals surface area (Å²) in [4.78, 5) is 12.2. The predicted molar refractivity (Wildman–Crippen MR) is 106 cm³/mol. The number of sulfonamides is 1. The monoisotopic (exact) mass is 385 g/mol. The first-order chi connectivity index (χ1) is 12.7. The standard InChI is InChI=1S/C20H23N3O3S/c1-14(2)27(25,26)22-13-15(3)17-8-10-19(11-9-17)23-20(24)18-6-4-16(12-21)5-7-18/h4-11,14-15,22H,13H2,1-3H3,(H,23,24). The quantitative estimate of drug-likeness (QED) is 0.764.